The Hall–Kier alpha value is 1.99. The van der Waals surface area contributed by atoms with Gasteiger partial charge >= 0.3 is 37.7 Å². The first kappa shape index (κ1) is 37.7. The fourth-order valence-corrected chi connectivity index (χ4v) is 0. The first-order valence-electron chi connectivity index (χ1n) is 0. The Balaban J connectivity index is 0. The third kappa shape index (κ3) is 9.01. The summed E-state index contributed by atoms with van der Waals surface area (Å²) in [6, 6.07) is 0. The maximum atomic E-state index is 0. The summed E-state index contributed by atoms with van der Waals surface area (Å²) < 4.78 is 0. The van der Waals surface area contributed by atoms with Crippen molar-refractivity contribution in [3.05, 3.63) is 0 Å². The molecule has 0 unspecified atom stereocenters. The second-order valence-corrected chi connectivity index (χ2v) is 0. The van der Waals surface area contributed by atoms with Gasteiger partial charge in [0, 0.05) is 0 Å². The Labute approximate surface area is 69.4 Å². The van der Waals surface area contributed by atoms with Gasteiger partial charge in [-0.2, -0.15) is 0 Å². The Morgan fingerprint density at radius 1 is 0.750 bits per heavy atom. The molecular weight excluding hydrogens is 152 g/mol. The van der Waals surface area contributed by atoms with Crippen LogP contribution in [0.15, 0.2) is 0 Å². The van der Waals surface area contributed by atoms with E-state index in [1.54, 1.807) is 0 Å². The zero-order valence-corrected chi connectivity index (χ0v) is 4.54. The Kier molecular flexibility index (Phi) is 189. The molecule has 0 saturated heterocycles. The molecule has 0 nitrogen and oxygen atoms in total. The summed E-state index contributed by atoms with van der Waals surface area (Å²) in [5.74, 6) is 0. The molecule has 0 aliphatic rings. The van der Waals surface area contributed by atoms with Gasteiger partial charge in [-0.25, -0.2) is 0 Å². The SMILES string of the molecule is [BH4-].[I-].[Li+].[Li+]. The molecule has 0 aromatic carbocycles. The van der Waals surface area contributed by atoms with Gasteiger partial charge in [-0.15, -0.1) is 0 Å². The fraction of sp³-hybridized carbons (Fsp3) is 0. The Morgan fingerprint density at radius 2 is 0.750 bits per heavy atom. The maximum Gasteiger partial charge on any atom is 1.00 e. The molecule has 0 aliphatic heterocycles. The summed E-state index contributed by atoms with van der Waals surface area (Å²) in [6.45, 7) is 0. The van der Waals surface area contributed by atoms with Crippen LogP contribution in [0.4, 0.5) is 0 Å². The zero-order chi connectivity index (χ0) is 0. The summed E-state index contributed by atoms with van der Waals surface area (Å²) in [7, 11) is 0. The molecule has 0 aromatic rings. The quantitative estimate of drug-likeness (QED) is 0.241. The van der Waals surface area contributed by atoms with Crippen LogP contribution >= 0.6 is 0 Å². The third-order valence-corrected chi connectivity index (χ3v) is 0. The summed E-state index contributed by atoms with van der Waals surface area (Å²) in [5.41, 5.74) is 0. The number of hydrogen-bond acceptors (Lipinski definition) is 0. The van der Waals surface area contributed by atoms with Crippen molar-refractivity contribution in [1.29, 1.82) is 0 Å². The summed E-state index contributed by atoms with van der Waals surface area (Å²) in [4.78, 5) is 0. The molecule has 0 heterocycles. The van der Waals surface area contributed by atoms with E-state index in [1.165, 1.54) is 0 Å². The molecule has 0 N–H and O–H groups in total. The number of rotatable bonds is 0. The van der Waals surface area contributed by atoms with E-state index in [4.69, 9.17) is 0 Å². The van der Waals surface area contributed by atoms with Gasteiger partial charge in [0.2, 0.25) is 0 Å². The molecule has 4 heteroatoms. The average molecular weight is 156 g/mol. The minimum atomic E-state index is 0. The van der Waals surface area contributed by atoms with Gasteiger partial charge in [0.25, 0.3) is 0 Å². The van der Waals surface area contributed by atoms with Gasteiger partial charge in [0.15, 0.2) is 0 Å². The van der Waals surface area contributed by atoms with Gasteiger partial charge in [0.1, 0.15) is 0 Å². The predicted octanol–water partition coefficient (Wildman–Crippen LogP) is -10.4. The van der Waals surface area contributed by atoms with Crippen LogP contribution in [0.1, 0.15) is 0 Å². The minimum absolute atomic E-state index is 0. The molecule has 0 radical (unpaired) electrons. The van der Waals surface area contributed by atoms with E-state index in [0.717, 1.165) is 0 Å². The van der Waals surface area contributed by atoms with Crippen molar-refractivity contribution in [2.45, 2.75) is 0 Å². The fourth-order valence-electron chi connectivity index (χ4n) is 0. The minimum Gasteiger partial charge on any atom is -1.00 e. The van der Waals surface area contributed by atoms with E-state index in [1.807, 2.05) is 0 Å². The third-order valence-electron chi connectivity index (χ3n) is 0. The average Bonchev–Trinajstić information content (AvgIpc) is 0. The van der Waals surface area contributed by atoms with Crippen molar-refractivity contribution in [2.24, 2.45) is 0 Å². The van der Waals surface area contributed by atoms with Crippen LogP contribution in [0.25, 0.3) is 0 Å². The first-order valence-corrected chi connectivity index (χ1v) is 0. The van der Waals surface area contributed by atoms with Gasteiger partial charge in [-0.1, -0.05) is 8.41 Å². The predicted molar refractivity (Wildman–Crippen MR) is 11.3 cm³/mol. The van der Waals surface area contributed by atoms with E-state index in [-0.39, 0.29) is 70.1 Å². The number of halogens is 1. The van der Waals surface area contributed by atoms with Crippen LogP contribution in [0.5, 0.6) is 0 Å². The molecule has 0 fully saturated rings. The smallest absolute Gasteiger partial charge is 1.00 e. The second-order valence-electron chi connectivity index (χ2n) is 0. The Morgan fingerprint density at radius 3 is 0.750 bits per heavy atom. The summed E-state index contributed by atoms with van der Waals surface area (Å²) >= 11 is 0. The van der Waals surface area contributed by atoms with Gasteiger partial charge in [0.05, 0.1) is 0 Å². The van der Waals surface area contributed by atoms with E-state index >= 15 is 0 Å². The monoisotopic (exact) mass is 156 g/mol. The van der Waals surface area contributed by atoms with E-state index < -0.39 is 0 Å². The molecule has 0 bridgehead atoms. The molecule has 0 rings (SSSR count). The van der Waals surface area contributed by atoms with Crippen LogP contribution in [-0.4, -0.2) is 8.41 Å². The molecular formula is H4BILi2. The molecule has 4 heavy (non-hydrogen) atoms. The van der Waals surface area contributed by atoms with Crippen molar-refractivity contribution in [1.82, 2.24) is 0 Å². The molecule has 0 spiro atoms. The standard InChI is InChI=1S/BH4.HI.2Li/h1H4;1H;;/q-1;;2*+1/p-1. The van der Waals surface area contributed by atoms with Crippen LogP contribution in [0.3, 0.4) is 0 Å². The summed E-state index contributed by atoms with van der Waals surface area (Å²) in [5, 5.41) is 0. The van der Waals surface area contributed by atoms with Crippen LogP contribution < -0.4 is 61.7 Å². The molecule has 0 saturated carbocycles. The van der Waals surface area contributed by atoms with Crippen molar-refractivity contribution >= 4 is 8.41 Å². The molecule has 0 aromatic heterocycles. The van der Waals surface area contributed by atoms with Crippen LogP contribution in [0, 0.1) is 0 Å². The van der Waals surface area contributed by atoms with Crippen molar-refractivity contribution in [2.75, 3.05) is 0 Å². The molecule has 0 amide bonds. The largest absolute Gasteiger partial charge is 1.00 e. The molecule has 0 aliphatic carbocycles. The van der Waals surface area contributed by atoms with E-state index in [2.05, 4.69) is 0 Å². The van der Waals surface area contributed by atoms with Gasteiger partial charge < -0.3 is 24.0 Å². The van der Waals surface area contributed by atoms with Crippen molar-refractivity contribution in [3.63, 3.8) is 0 Å². The Bertz CT molecular complexity index is 6.00. The van der Waals surface area contributed by atoms with Crippen LogP contribution in [0.2, 0.25) is 0 Å². The van der Waals surface area contributed by atoms with E-state index in [0.29, 0.717) is 0 Å². The second kappa shape index (κ2) is 20.1. The normalized spacial score (nSPS) is 0. The first-order chi connectivity index (χ1) is 0. The molecule has 16 valence electrons. The molecule has 0 atom stereocenters. The van der Waals surface area contributed by atoms with E-state index in [9.17, 15) is 0 Å². The zero-order valence-electron chi connectivity index (χ0n) is 2.38. The number of hydrogen-bond donors (Lipinski definition) is 0. The van der Waals surface area contributed by atoms with Gasteiger partial charge in [-0.05, 0) is 0 Å². The van der Waals surface area contributed by atoms with Crippen molar-refractivity contribution < 1.29 is 61.7 Å². The summed E-state index contributed by atoms with van der Waals surface area (Å²) in [6.07, 6.45) is 0. The van der Waals surface area contributed by atoms with Crippen LogP contribution in [-0.2, 0) is 0 Å². The van der Waals surface area contributed by atoms with Crippen molar-refractivity contribution in [3.8, 4) is 0 Å². The topological polar surface area (TPSA) is 0 Å². The van der Waals surface area contributed by atoms with Gasteiger partial charge in [-0.3, -0.25) is 0 Å². The maximum absolute atomic E-state index is 0.